The topological polar surface area (TPSA) is 63.1 Å². The SMILES string of the molecule is C[C@@H](C(=O)NC[C@H](c1cccc(F)c1)N(C)C)n1cncn1. The van der Waals surface area contributed by atoms with E-state index in [9.17, 15) is 9.18 Å². The van der Waals surface area contributed by atoms with Gasteiger partial charge in [-0.25, -0.2) is 14.1 Å². The molecule has 0 aliphatic rings. The minimum Gasteiger partial charge on any atom is -0.352 e. The van der Waals surface area contributed by atoms with Crippen LogP contribution >= 0.6 is 0 Å². The molecule has 7 heteroatoms. The van der Waals surface area contributed by atoms with Crippen LogP contribution in [-0.2, 0) is 4.79 Å². The lowest BCUT2D eigenvalue weighted by molar-refractivity contribution is -0.124. The van der Waals surface area contributed by atoms with Crippen molar-refractivity contribution in [3.05, 3.63) is 48.3 Å². The lowest BCUT2D eigenvalue weighted by Gasteiger charge is -2.25. The molecule has 0 bridgehead atoms. The first-order chi connectivity index (χ1) is 10.5. The number of nitrogens with zero attached hydrogens (tertiary/aromatic N) is 4. The Labute approximate surface area is 129 Å². The first-order valence-electron chi connectivity index (χ1n) is 7.02. The summed E-state index contributed by atoms with van der Waals surface area (Å²) in [5.41, 5.74) is 0.818. The van der Waals surface area contributed by atoms with Crippen molar-refractivity contribution in [2.45, 2.75) is 19.0 Å². The number of benzene rings is 1. The van der Waals surface area contributed by atoms with Gasteiger partial charge in [-0.3, -0.25) is 4.79 Å². The van der Waals surface area contributed by atoms with Crippen LogP contribution in [0.15, 0.2) is 36.9 Å². The van der Waals surface area contributed by atoms with Gasteiger partial charge in [0.05, 0.1) is 6.04 Å². The number of aromatic nitrogens is 3. The largest absolute Gasteiger partial charge is 0.352 e. The van der Waals surface area contributed by atoms with Gasteiger partial charge in [-0.2, -0.15) is 5.10 Å². The summed E-state index contributed by atoms with van der Waals surface area (Å²) in [5.74, 6) is -0.444. The molecule has 2 atom stereocenters. The molecule has 118 valence electrons. The van der Waals surface area contributed by atoms with Crippen molar-refractivity contribution in [2.75, 3.05) is 20.6 Å². The molecule has 0 saturated carbocycles. The average molecular weight is 305 g/mol. The van der Waals surface area contributed by atoms with Crippen LogP contribution in [0, 0.1) is 5.82 Å². The molecule has 1 aromatic carbocycles. The lowest BCUT2D eigenvalue weighted by atomic mass is 10.1. The van der Waals surface area contributed by atoms with Gasteiger partial charge in [-0.15, -0.1) is 0 Å². The van der Waals surface area contributed by atoms with Gasteiger partial charge in [0.25, 0.3) is 0 Å². The van der Waals surface area contributed by atoms with Gasteiger partial charge in [-0.1, -0.05) is 12.1 Å². The molecule has 6 nitrogen and oxygen atoms in total. The van der Waals surface area contributed by atoms with E-state index in [4.69, 9.17) is 0 Å². The number of carbonyl (C=O) groups is 1. The fraction of sp³-hybridized carbons (Fsp3) is 0.400. The van der Waals surface area contributed by atoms with Crippen LogP contribution in [0.5, 0.6) is 0 Å². The first-order valence-corrected chi connectivity index (χ1v) is 7.02. The van der Waals surface area contributed by atoms with Crippen molar-refractivity contribution in [1.82, 2.24) is 25.0 Å². The van der Waals surface area contributed by atoms with Crippen LogP contribution in [0.25, 0.3) is 0 Å². The molecule has 0 radical (unpaired) electrons. The van der Waals surface area contributed by atoms with Gasteiger partial charge in [-0.05, 0) is 38.7 Å². The Balaban J connectivity index is 2.02. The third-order valence-electron chi connectivity index (χ3n) is 3.54. The van der Waals surface area contributed by atoms with Crippen molar-refractivity contribution < 1.29 is 9.18 Å². The van der Waals surface area contributed by atoms with Crippen LogP contribution < -0.4 is 5.32 Å². The van der Waals surface area contributed by atoms with E-state index in [1.54, 1.807) is 13.0 Å². The molecule has 22 heavy (non-hydrogen) atoms. The predicted molar refractivity (Wildman–Crippen MR) is 80.6 cm³/mol. The third-order valence-corrected chi connectivity index (χ3v) is 3.54. The zero-order valence-electron chi connectivity index (χ0n) is 12.9. The molecule has 0 saturated heterocycles. The second kappa shape index (κ2) is 7.13. The number of nitrogens with one attached hydrogen (secondary N) is 1. The third kappa shape index (κ3) is 3.88. The van der Waals surface area contributed by atoms with Crippen molar-refractivity contribution in [3.63, 3.8) is 0 Å². The maximum Gasteiger partial charge on any atom is 0.244 e. The summed E-state index contributed by atoms with van der Waals surface area (Å²) in [6, 6.07) is 5.85. The standard InChI is InChI=1S/C15H20FN5O/c1-11(21-10-17-9-19-21)15(22)18-8-14(20(2)3)12-5-4-6-13(16)7-12/h4-7,9-11,14H,8H2,1-3H3,(H,18,22)/t11-,14+/m0/s1. The second-order valence-corrected chi connectivity index (χ2v) is 5.33. The Morgan fingerprint density at radius 3 is 2.82 bits per heavy atom. The minimum absolute atomic E-state index is 0.109. The molecule has 0 spiro atoms. The van der Waals surface area contributed by atoms with E-state index < -0.39 is 6.04 Å². The summed E-state index contributed by atoms with van der Waals surface area (Å²) in [7, 11) is 3.78. The number of halogens is 1. The smallest absolute Gasteiger partial charge is 0.244 e. The molecule has 0 aliphatic carbocycles. The van der Waals surface area contributed by atoms with Gasteiger partial charge < -0.3 is 10.2 Å². The molecule has 0 unspecified atom stereocenters. The Morgan fingerprint density at radius 2 is 2.23 bits per heavy atom. The van der Waals surface area contributed by atoms with Crippen LogP contribution in [0.3, 0.4) is 0 Å². The molecule has 0 aliphatic heterocycles. The van der Waals surface area contributed by atoms with Crippen molar-refractivity contribution >= 4 is 5.91 Å². The molecular weight excluding hydrogens is 285 g/mol. The van der Waals surface area contributed by atoms with E-state index in [-0.39, 0.29) is 17.8 Å². The van der Waals surface area contributed by atoms with Crippen molar-refractivity contribution in [3.8, 4) is 0 Å². The maximum absolute atomic E-state index is 13.4. The normalized spacial score (nSPS) is 13.9. The van der Waals surface area contributed by atoms with E-state index in [2.05, 4.69) is 15.4 Å². The van der Waals surface area contributed by atoms with Crippen LogP contribution in [0.2, 0.25) is 0 Å². The van der Waals surface area contributed by atoms with Gasteiger partial charge in [0.15, 0.2) is 0 Å². The Hall–Kier alpha value is -2.28. The molecule has 1 aromatic heterocycles. The highest BCUT2D eigenvalue weighted by atomic mass is 19.1. The van der Waals surface area contributed by atoms with Gasteiger partial charge in [0.1, 0.15) is 24.5 Å². The number of carbonyl (C=O) groups excluding carboxylic acids is 1. The number of likely N-dealkylation sites (N-methyl/N-ethyl adjacent to an activating group) is 1. The first kappa shape index (κ1) is 16.1. The monoisotopic (exact) mass is 305 g/mol. The molecule has 1 heterocycles. The highest BCUT2D eigenvalue weighted by Gasteiger charge is 2.19. The fourth-order valence-electron chi connectivity index (χ4n) is 2.19. The zero-order chi connectivity index (χ0) is 16.1. The summed E-state index contributed by atoms with van der Waals surface area (Å²) < 4.78 is 14.9. The zero-order valence-corrected chi connectivity index (χ0v) is 12.9. The Kier molecular flexibility index (Phi) is 5.21. The highest BCUT2D eigenvalue weighted by molar-refractivity contribution is 5.79. The van der Waals surface area contributed by atoms with Gasteiger partial charge >= 0.3 is 0 Å². The number of amides is 1. The van der Waals surface area contributed by atoms with Crippen molar-refractivity contribution in [1.29, 1.82) is 0 Å². The molecular formula is C15H20FN5O. The van der Waals surface area contributed by atoms with E-state index in [0.29, 0.717) is 6.54 Å². The van der Waals surface area contributed by atoms with Crippen LogP contribution in [0.4, 0.5) is 4.39 Å². The molecule has 1 amide bonds. The predicted octanol–water partition coefficient (Wildman–Crippen LogP) is 1.40. The fourth-order valence-corrected chi connectivity index (χ4v) is 2.19. The van der Waals surface area contributed by atoms with Crippen LogP contribution in [0.1, 0.15) is 24.6 Å². The van der Waals surface area contributed by atoms with E-state index >= 15 is 0 Å². The van der Waals surface area contributed by atoms with E-state index in [1.165, 1.54) is 29.5 Å². The summed E-state index contributed by atoms with van der Waals surface area (Å²) in [6.45, 7) is 2.13. The molecule has 1 N–H and O–H groups in total. The summed E-state index contributed by atoms with van der Waals surface area (Å²) >= 11 is 0. The Morgan fingerprint density at radius 1 is 1.45 bits per heavy atom. The summed E-state index contributed by atoms with van der Waals surface area (Å²) in [5, 5.41) is 6.83. The maximum atomic E-state index is 13.4. The highest BCUT2D eigenvalue weighted by Crippen LogP contribution is 2.18. The molecule has 2 aromatic rings. The van der Waals surface area contributed by atoms with Gasteiger partial charge in [0, 0.05) is 6.54 Å². The molecule has 2 rings (SSSR count). The van der Waals surface area contributed by atoms with Crippen LogP contribution in [-0.4, -0.2) is 46.2 Å². The second-order valence-electron chi connectivity index (χ2n) is 5.33. The molecule has 0 fully saturated rings. The van der Waals surface area contributed by atoms with Gasteiger partial charge in [0.2, 0.25) is 5.91 Å². The Bertz CT molecular complexity index is 614. The number of hydrogen-bond acceptors (Lipinski definition) is 4. The van der Waals surface area contributed by atoms with E-state index in [0.717, 1.165) is 5.56 Å². The number of rotatable bonds is 6. The lowest BCUT2D eigenvalue weighted by Crippen LogP contribution is -2.38. The quantitative estimate of drug-likeness (QED) is 0.876. The average Bonchev–Trinajstić information content (AvgIpc) is 3.00. The summed E-state index contributed by atoms with van der Waals surface area (Å²) in [4.78, 5) is 17.9. The minimum atomic E-state index is -0.446. The van der Waals surface area contributed by atoms with Crippen molar-refractivity contribution in [2.24, 2.45) is 0 Å². The number of hydrogen-bond donors (Lipinski definition) is 1. The van der Waals surface area contributed by atoms with E-state index in [1.807, 2.05) is 25.1 Å². The summed E-state index contributed by atoms with van der Waals surface area (Å²) in [6.07, 6.45) is 2.89.